The minimum Gasteiger partial charge on any atom is -0.481 e. The van der Waals surface area contributed by atoms with Crippen molar-refractivity contribution < 1.29 is 9.90 Å². The van der Waals surface area contributed by atoms with E-state index < -0.39 is 11.9 Å². The molecule has 0 spiro atoms. The first-order chi connectivity index (χ1) is 16.3. The number of halogens is 2. The van der Waals surface area contributed by atoms with Gasteiger partial charge in [-0.25, -0.2) is 4.68 Å². The maximum absolute atomic E-state index is 11.7. The van der Waals surface area contributed by atoms with Gasteiger partial charge in [0.1, 0.15) is 5.52 Å². The number of aromatic nitrogens is 4. The smallest absolute Gasteiger partial charge is 0.310 e. The lowest BCUT2D eigenvalue weighted by molar-refractivity contribution is -0.138. The van der Waals surface area contributed by atoms with Crippen LogP contribution in [0, 0.1) is 0 Å². The molecule has 2 aromatic carbocycles. The van der Waals surface area contributed by atoms with Crippen LogP contribution in [0.15, 0.2) is 42.6 Å². The summed E-state index contributed by atoms with van der Waals surface area (Å²) < 4.78 is 1.78. The van der Waals surface area contributed by atoms with Crippen LogP contribution in [0.2, 0.25) is 10.0 Å². The first-order valence-corrected chi connectivity index (χ1v) is 11.8. The predicted molar refractivity (Wildman–Crippen MR) is 133 cm³/mol. The van der Waals surface area contributed by atoms with Crippen molar-refractivity contribution in [3.63, 3.8) is 0 Å². The molecule has 1 unspecified atom stereocenters. The molecule has 0 radical (unpaired) electrons. The Morgan fingerprint density at radius 3 is 2.65 bits per heavy atom. The van der Waals surface area contributed by atoms with Gasteiger partial charge in [-0.05, 0) is 68.0 Å². The van der Waals surface area contributed by atoms with Gasteiger partial charge >= 0.3 is 5.97 Å². The molecule has 4 aromatic rings. The number of hydrogen-bond acceptors (Lipinski definition) is 5. The van der Waals surface area contributed by atoms with Crippen molar-refractivity contribution in [3.8, 4) is 11.3 Å². The third-order valence-corrected chi connectivity index (χ3v) is 7.26. The van der Waals surface area contributed by atoms with Crippen molar-refractivity contribution >= 4 is 45.9 Å². The molecule has 2 heterocycles. The number of pyridine rings is 1. The average Bonchev–Trinajstić information content (AvgIpc) is 3.56. The Hall–Kier alpha value is -3.16. The number of anilines is 1. The van der Waals surface area contributed by atoms with E-state index in [1.54, 1.807) is 36.0 Å². The number of nitrogens with two attached hydrogens (primary N) is 1. The number of rotatable bonds is 6. The van der Waals surface area contributed by atoms with Gasteiger partial charge in [0.05, 0.1) is 34.4 Å². The van der Waals surface area contributed by atoms with E-state index in [1.807, 2.05) is 25.1 Å². The number of nitrogen functional groups attached to an aromatic ring is 1. The topological polar surface area (TPSA) is 107 Å². The molecule has 0 aliphatic heterocycles. The molecular weight excluding hydrogens is 473 g/mol. The van der Waals surface area contributed by atoms with Crippen molar-refractivity contribution in [2.75, 3.05) is 5.73 Å². The summed E-state index contributed by atoms with van der Waals surface area (Å²) >= 11 is 13.4. The molecule has 3 N–H and O–H groups in total. The van der Waals surface area contributed by atoms with Crippen molar-refractivity contribution in [1.82, 2.24) is 20.0 Å². The molecule has 0 bridgehead atoms. The lowest BCUT2D eigenvalue weighted by Gasteiger charge is -2.19. The average molecular weight is 496 g/mol. The lowest BCUT2D eigenvalue weighted by atomic mass is 9.93. The number of carboxylic acids is 1. The number of carboxylic acid groups (broad SMARTS) is 1. The summed E-state index contributed by atoms with van der Waals surface area (Å²) in [6, 6.07) is 10.7. The highest BCUT2D eigenvalue weighted by molar-refractivity contribution is 6.36. The minimum absolute atomic E-state index is 0.275. The predicted octanol–water partition coefficient (Wildman–Crippen LogP) is 6.06. The number of fused-ring (bicyclic) bond motifs is 1. The van der Waals surface area contributed by atoms with Gasteiger partial charge in [-0.3, -0.25) is 9.78 Å². The molecule has 1 saturated carbocycles. The molecule has 2 aromatic heterocycles. The van der Waals surface area contributed by atoms with E-state index in [4.69, 9.17) is 28.9 Å². The van der Waals surface area contributed by atoms with Crippen molar-refractivity contribution in [2.24, 2.45) is 0 Å². The van der Waals surface area contributed by atoms with Crippen LogP contribution in [-0.4, -0.2) is 31.1 Å². The summed E-state index contributed by atoms with van der Waals surface area (Å²) in [5.74, 6) is -1.20. The quantitative estimate of drug-likeness (QED) is 0.315. The third kappa shape index (κ3) is 3.89. The Morgan fingerprint density at radius 2 is 1.94 bits per heavy atom. The summed E-state index contributed by atoms with van der Waals surface area (Å²) in [6.07, 6.45) is 3.90. The van der Waals surface area contributed by atoms with Gasteiger partial charge in [0.2, 0.25) is 0 Å². The normalized spacial score (nSPS) is 15.4. The highest BCUT2D eigenvalue weighted by atomic mass is 35.5. The molecule has 1 aliphatic rings. The number of benzene rings is 2. The van der Waals surface area contributed by atoms with E-state index in [1.165, 1.54) is 0 Å². The zero-order chi connectivity index (χ0) is 24.1. The first kappa shape index (κ1) is 22.6. The molecule has 0 amide bonds. The molecule has 0 saturated heterocycles. The maximum atomic E-state index is 11.7. The van der Waals surface area contributed by atoms with E-state index in [9.17, 15) is 9.90 Å². The van der Waals surface area contributed by atoms with Gasteiger partial charge in [0, 0.05) is 21.8 Å². The molecule has 5 rings (SSSR count). The first-order valence-electron chi connectivity index (χ1n) is 11.1. The van der Waals surface area contributed by atoms with Gasteiger partial charge in [0.15, 0.2) is 0 Å². The minimum atomic E-state index is -0.937. The van der Waals surface area contributed by atoms with E-state index in [2.05, 4.69) is 15.3 Å². The fourth-order valence-corrected chi connectivity index (χ4v) is 5.22. The van der Waals surface area contributed by atoms with Crippen LogP contribution in [0.4, 0.5) is 5.69 Å². The lowest BCUT2D eigenvalue weighted by Crippen LogP contribution is -2.11. The van der Waals surface area contributed by atoms with Crippen LogP contribution in [0.5, 0.6) is 0 Å². The van der Waals surface area contributed by atoms with Crippen molar-refractivity contribution in [3.05, 3.63) is 69.3 Å². The number of aliphatic carboxylic acids is 1. The Kier molecular flexibility index (Phi) is 5.70. The second kappa shape index (κ2) is 8.56. The third-order valence-electron chi connectivity index (χ3n) is 6.50. The zero-order valence-corrected chi connectivity index (χ0v) is 20.2. The monoisotopic (exact) mass is 495 g/mol. The maximum Gasteiger partial charge on any atom is 0.310 e. The largest absolute Gasteiger partial charge is 0.481 e. The molecule has 174 valence electrons. The van der Waals surface area contributed by atoms with Crippen LogP contribution < -0.4 is 5.73 Å². The van der Waals surface area contributed by atoms with Gasteiger partial charge in [-0.2, -0.15) is 0 Å². The molecule has 1 aliphatic carbocycles. The fourth-order valence-electron chi connectivity index (χ4n) is 4.38. The van der Waals surface area contributed by atoms with E-state index >= 15 is 0 Å². The summed E-state index contributed by atoms with van der Waals surface area (Å²) in [7, 11) is 0. The highest BCUT2D eigenvalue weighted by Crippen LogP contribution is 2.47. The Bertz CT molecular complexity index is 1430. The van der Waals surface area contributed by atoms with E-state index in [0.29, 0.717) is 44.0 Å². The SMILES string of the molecule is CC(C(=O)O)c1cc(N)ccc1-c1cc2c(cn1)nnn2[C@H](C)c1c(Cl)ccc(C2CC2)c1Cl. The van der Waals surface area contributed by atoms with Crippen LogP contribution in [0.3, 0.4) is 0 Å². The van der Waals surface area contributed by atoms with E-state index in [0.717, 1.165) is 29.5 Å². The van der Waals surface area contributed by atoms with Gasteiger partial charge in [-0.1, -0.05) is 40.5 Å². The molecule has 34 heavy (non-hydrogen) atoms. The zero-order valence-electron chi connectivity index (χ0n) is 18.7. The molecule has 2 atom stereocenters. The second-order valence-corrected chi connectivity index (χ2v) is 9.60. The van der Waals surface area contributed by atoms with Gasteiger partial charge in [0.25, 0.3) is 0 Å². The number of carbonyl (C=O) groups is 1. The summed E-state index contributed by atoms with van der Waals surface area (Å²) in [5.41, 5.74) is 11.6. The second-order valence-electron chi connectivity index (χ2n) is 8.81. The summed E-state index contributed by atoms with van der Waals surface area (Å²) in [4.78, 5) is 16.2. The van der Waals surface area contributed by atoms with Crippen LogP contribution in [-0.2, 0) is 4.79 Å². The molecule has 7 nitrogen and oxygen atoms in total. The molecule has 1 fully saturated rings. The van der Waals surface area contributed by atoms with Crippen LogP contribution in [0.25, 0.3) is 22.3 Å². The van der Waals surface area contributed by atoms with Crippen molar-refractivity contribution in [2.45, 2.75) is 44.6 Å². The van der Waals surface area contributed by atoms with Gasteiger partial charge in [-0.15, -0.1) is 5.10 Å². The highest BCUT2D eigenvalue weighted by Gasteiger charge is 2.29. The van der Waals surface area contributed by atoms with E-state index in [-0.39, 0.29) is 6.04 Å². The molecular formula is C25H23Cl2N5O2. The summed E-state index contributed by atoms with van der Waals surface area (Å²) in [6.45, 7) is 3.61. The van der Waals surface area contributed by atoms with Crippen LogP contribution in [0.1, 0.15) is 61.3 Å². The standard InChI is InChI=1S/C25H23Cl2N5O2/c1-12(25(33)34)18-9-15(28)5-6-17(18)20-10-22-21(11-29-20)30-31-32(22)13(2)23-19(26)8-7-16(24(23)27)14-3-4-14/h5-14H,3-4,28H2,1-2H3,(H,33,34)/t12?,13-/m1/s1. The van der Waals surface area contributed by atoms with Gasteiger partial charge < -0.3 is 10.8 Å². The number of nitrogens with zero attached hydrogens (tertiary/aromatic N) is 4. The fraction of sp³-hybridized carbons (Fsp3) is 0.280. The summed E-state index contributed by atoms with van der Waals surface area (Å²) in [5, 5.41) is 19.5. The van der Waals surface area contributed by atoms with Crippen LogP contribution >= 0.6 is 23.2 Å². The van der Waals surface area contributed by atoms with Crippen molar-refractivity contribution in [1.29, 1.82) is 0 Å². The Labute approximate surface area is 206 Å². The number of hydrogen-bond donors (Lipinski definition) is 2. The Morgan fingerprint density at radius 1 is 1.18 bits per heavy atom. The Balaban J connectivity index is 1.63. The molecule has 9 heteroatoms.